The highest BCUT2D eigenvalue weighted by Gasteiger charge is 2.16. The quantitative estimate of drug-likeness (QED) is 0.632. The fourth-order valence-electron chi connectivity index (χ4n) is 1.75. The van der Waals surface area contributed by atoms with Gasteiger partial charge in [-0.05, 0) is 5.92 Å². The minimum Gasteiger partial charge on any atom is -0.298 e. The average molecular weight is 268 g/mol. The lowest BCUT2D eigenvalue weighted by atomic mass is 10.1. The Morgan fingerprint density at radius 1 is 1.16 bits per heavy atom. The summed E-state index contributed by atoms with van der Waals surface area (Å²) in [5.41, 5.74) is 0.521. The van der Waals surface area contributed by atoms with Crippen LogP contribution in [0.3, 0.4) is 0 Å². The number of hydrogen-bond donors (Lipinski definition) is 0. The summed E-state index contributed by atoms with van der Waals surface area (Å²) in [5, 5.41) is 4.04. The normalized spacial score (nSPS) is 11.1. The molecular weight excluding hydrogens is 257 g/mol. The lowest BCUT2D eigenvalue weighted by Crippen LogP contribution is -2.02. The van der Waals surface area contributed by atoms with Crippen LogP contribution >= 0.6 is 0 Å². The first-order valence-electron chi connectivity index (χ1n) is 5.63. The van der Waals surface area contributed by atoms with Gasteiger partial charge in [0.15, 0.2) is 23.7 Å². The number of benzene rings is 1. The molecule has 2 rings (SSSR count). The summed E-state index contributed by atoms with van der Waals surface area (Å²) in [6.07, 6.45) is 1.88. The van der Waals surface area contributed by atoms with Gasteiger partial charge in [0.25, 0.3) is 0 Å². The molecule has 0 fully saturated rings. The number of aldehydes is 1. The van der Waals surface area contributed by atoms with Crippen LogP contribution in [-0.2, 0) is 0 Å². The maximum atomic E-state index is 13.6. The number of nitrogens with zero attached hydrogens (tertiary/aromatic N) is 2. The summed E-state index contributed by atoms with van der Waals surface area (Å²) in [7, 11) is 0. The summed E-state index contributed by atoms with van der Waals surface area (Å²) in [6, 6.07) is 1.15. The van der Waals surface area contributed by atoms with Crippen LogP contribution in [0.25, 0.3) is 5.69 Å². The number of rotatable bonds is 3. The van der Waals surface area contributed by atoms with E-state index in [4.69, 9.17) is 0 Å². The van der Waals surface area contributed by atoms with Crippen molar-refractivity contribution < 1.29 is 18.0 Å². The zero-order valence-corrected chi connectivity index (χ0v) is 10.3. The van der Waals surface area contributed by atoms with Crippen LogP contribution in [-0.4, -0.2) is 16.1 Å². The number of halogens is 3. The predicted octanol–water partition coefficient (Wildman–Crippen LogP) is 3.23. The Hall–Kier alpha value is -2.11. The van der Waals surface area contributed by atoms with E-state index >= 15 is 0 Å². The van der Waals surface area contributed by atoms with Crippen LogP contribution in [0.15, 0.2) is 18.3 Å². The number of carbonyl (C=O) groups excluding carboxylic acids is 1. The second kappa shape index (κ2) is 4.87. The van der Waals surface area contributed by atoms with Gasteiger partial charge in [0.05, 0.1) is 11.3 Å². The molecule has 0 aliphatic heterocycles. The molecule has 100 valence electrons. The van der Waals surface area contributed by atoms with Crippen molar-refractivity contribution in [2.45, 2.75) is 19.8 Å². The van der Waals surface area contributed by atoms with Crippen molar-refractivity contribution in [1.82, 2.24) is 9.78 Å². The van der Waals surface area contributed by atoms with Crippen LogP contribution in [0, 0.1) is 17.5 Å². The van der Waals surface area contributed by atoms with Crippen molar-refractivity contribution >= 4 is 6.29 Å². The smallest absolute Gasteiger partial charge is 0.161 e. The molecule has 0 bridgehead atoms. The first-order chi connectivity index (χ1) is 8.93. The summed E-state index contributed by atoms with van der Waals surface area (Å²) in [6.45, 7) is 3.64. The summed E-state index contributed by atoms with van der Waals surface area (Å²) < 4.78 is 40.6. The second-order valence-corrected chi connectivity index (χ2v) is 4.40. The summed E-state index contributed by atoms with van der Waals surface area (Å²) in [5.74, 6) is -3.44. The summed E-state index contributed by atoms with van der Waals surface area (Å²) in [4.78, 5) is 10.9. The molecule has 6 heteroatoms. The van der Waals surface area contributed by atoms with E-state index in [0.717, 1.165) is 4.68 Å². The van der Waals surface area contributed by atoms with Gasteiger partial charge in [0.1, 0.15) is 5.69 Å². The zero-order chi connectivity index (χ0) is 14.2. The Labute approximate surface area is 107 Å². The Morgan fingerprint density at radius 2 is 1.79 bits per heavy atom. The van der Waals surface area contributed by atoms with E-state index in [1.165, 1.54) is 6.20 Å². The zero-order valence-electron chi connectivity index (χ0n) is 10.3. The fraction of sp³-hybridized carbons (Fsp3) is 0.231. The molecular formula is C13H11F3N2O. The maximum absolute atomic E-state index is 13.6. The van der Waals surface area contributed by atoms with Crippen LogP contribution < -0.4 is 0 Å². The van der Waals surface area contributed by atoms with Crippen molar-refractivity contribution in [3.63, 3.8) is 0 Å². The number of aromatic nitrogens is 2. The van der Waals surface area contributed by atoms with Crippen LogP contribution in [0.2, 0.25) is 0 Å². The number of hydrogen-bond acceptors (Lipinski definition) is 2. The van der Waals surface area contributed by atoms with Crippen molar-refractivity contribution in [3.8, 4) is 5.69 Å². The van der Waals surface area contributed by atoms with Crippen LogP contribution in [0.4, 0.5) is 13.2 Å². The number of carbonyl (C=O) groups is 1. The third-order valence-corrected chi connectivity index (χ3v) is 2.68. The van der Waals surface area contributed by atoms with Gasteiger partial charge in [-0.2, -0.15) is 5.10 Å². The van der Waals surface area contributed by atoms with Gasteiger partial charge >= 0.3 is 0 Å². The van der Waals surface area contributed by atoms with Gasteiger partial charge in [-0.25, -0.2) is 17.9 Å². The predicted molar refractivity (Wildman–Crippen MR) is 62.9 cm³/mol. The molecule has 3 nitrogen and oxygen atoms in total. The monoisotopic (exact) mass is 268 g/mol. The van der Waals surface area contributed by atoms with Crippen LogP contribution in [0.5, 0.6) is 0 Å². The highest BCUT2D eigenvalue weighted by atomic mass is 19.2. The molecule has 2 aromatic rings. The van der Waals surface area contributed by atoms with Crippen molar-refractivity contribution in [1.29, 1.82) is 0 Å². The molecule has 0 aliphatic rings. The molecule has 0 saturated carbocycles. The van der Waals surface area contributed by atoms with Crippen molar-refractivity contribution in [2.24, 2.45) is 0 Å². The Kier molecular flexibility index (Phi) is 3.42. The van der Waals surface area contributed by atoms with E-state index < -0.39 is 17.5 Å². The first kappa shape index (κ1) is 13.3. The largest absolute Gasteiger partial charge is 0.298 e. The fourth-order valence-corrected chi connectivity index (χ4v) is 1.75. The van der Waals surface area contributed by atoms with Crippen LogP contribution in [0.1, 0.15) is 35.8 Å². The van der Waals surface area contributed by atoms with Crippen molar-refractivity contribution in [2.75, 3.05) is 0 Å². The third-order valence-electron chi connectivity index (χ3n) is 2.68. The molecule has 0 amide bonds. The molecule has 1 heterocycles. The minimum atomic E-state index is -1.27. The van der Waals surface area contributed by atoms with Gasteiger partial charge in [-0.1, -0.05) is 13.8 Å². The lowest BCUT2D eigenvalue weighted by molar-refractivity contribution is 0.112. The first-order valence-corrected chi connectivity index (χ1v) is 5.63. The molecule has 0 atom stereocenters. The van der Waals surface area contributed by atoms with Gasteiger partial charge in [-0.3, -0.25) is 4.79 Å². The molecule has 0 saturated heterocycles. The summed E-state index contributed by atoms with van der Waals surface area (Å²) >= 11 is 0. The third kappa shape index (κ3) is 2.38. The van der Waals surface area contributed by atoms with E-state index in [-0.39, 0.29) is 11.6 Å². The average Bonchev–Trinajstić information content (AvgIpc) is 2.77. The molecule has 0 radical (unpaired) electrons. The van der Waals surface area contributed by atoms with Gasteiger partial charge in [0.2, 0.25) is 0 Å². The lowest BCUT2D eigenvalue weighted by Gasteiger charge is -2.04. The molecule has 19 heavy (non-hydrogen) atoms. The standard InChI is InChI=1S/C13H11F3N2O/c1-7(2)13-8(6-19)5-18(17-13)12-4-10(15)9(14)3-11(12)16/h3-7H,1-2H3. The molecule has 0 N–H and O–H groups in total. The maximum Gasteiger partial charge on any atom is 0.161 e. The molecule has 1 aromatic carbocycles. The highest BCUT2D eigenvalue weighted by Crippen LogP contribution is 2.21. The van der Waals surface area contributed by atoms with E-state index in [0.29, 0.717) is 29.7 Å². The second-order valence-electron chi connectivity index (χ2n) is 4.40. The molecule has 0 spiro atoms. The highest BCUT2D eigenvalue weighted by molar-refractivity contribution is 5.76. The van der Waals surface area contributed by atoms with Gasteiger partial charge in [-0.15, -0.1) is 0 Å². The van der Waals surface area contributed by atoms with Gasteiger partial charge in [0, 0.05) is 18.3 Å². The van der Waals surface area contributed by atoms with E-state index in [1.807, 2.05) is 13.8 Å². The van der Waals surface area contributed by atoms with Crippen molar-refractivity contribution in [3.05, 3.63) is 47.0 Å². The molecule has 1 aromatic heterocycles. The topological polar surface area (TPSA) is 34.9 Å². The Balaban J connectivity index is 2.59. The Bertz CT molecular complexity index is 635. The molecule has 0 unspecified atom stereocenters. The minimum absolute atomic E-state index is 0.0465. The Morgan fingerprint density at radius 3 is 2.32 bits per heavy atom. The SMILES string of the molecule is CC(C)c1nn(-c2cc(F)c(F)cc2F)cc1C=O. The van der Waals surface area contributed by atoms with E-state index in [9.17, 15) is 18.0 Å². The molecule has 0 aliphatic carbocycles. The van der Waals surface area contributed by atoms with E-state index in [2.05, 4.69) is 5.10 Å². The van der Waals surface area contributed by atoms with E-state index in [1.54, 1.807) is 0 Å². The van der Waals surface area contributed by atoms with Gasteiger partial charge < -0.3 is 0 Å².